The number of carbonyl (C=O) groups excluding carboxylic acids is 1. The van der Waals surface area contributed by atoms with E-state index in [0.717, 1.165) is 41.7 Å². The number of aromatic nitrogens is 3. The molecule has 0 spiro atoms. The molecule has 0 aromatic carbocycles. The van der Waals surface area contributed by atoms with Gasteiger partial charge in [-0.2, -0.15) is 0 Å². The predicted molar refractivity (Wildman–Crippen MR) is 90.8 cm³/mol. The van der Waals surface area contributed by atoms with Gasteiger partial charge in [-0.15, -0.1) is 0 Å². The molecule has 2 aromatic rings. The number of piperidine rings is 1. The van der Waals surface area contributed by atoms with Gasteiger partial charge in [-0.3, -0.25) is 9.78 Å². The van der Waals surface area contributed by atoms with Gasteiger partial charge in [0.1, 0.15) is 0 Å². The van der Waals surface area contributed by atoms with Gasteiger partial charge in [-0.05, 0) is 52.2 Å². The van der Waals surface area contributed by atoms with Crippen LogP contribution in [0.3, 0.4) is 0 Å². The molecule has 0 bridgehead atoms. The lowest BCUT2D eigenvalue weighted by Crippen LogP contribution is -2.31. The molecule has 1 fully saturated rings. The van der Waals surface area contributed by atoms with Gasteiger partial charge in [-0.1, -0.05) is 0 Å². The van der Waals surface area contributed by atoms with Gasteiger partial charge >= 0.3 is 0 Å². The molecule has 0 atom stereocenters. The summed E-state index contributed by atoms with van der Waals surface area (Å²) in [6.07, 6.45) is 5.44. The molecule has 5 nitrogen and oxygen atoms in total. The number of carbonyl (C=O) groups is 1. The lowest BCUT2D eigenvalue weighted by Gasteiger charge is -2.26. The molecule has 1 aliphatic heterocycles. The van der Waals surface area contributed by atoms with E-state index in [1.54, 1.807) is 13.1 Å². The van der Waals surface area contributed by atoms with Gasteiger partial charge in [0.15, 0.2) is 5.78 Å². The number of anilines is 1. The van der Waals surface area contributed by atoms with Crippen molar-refractivity contribution >= 4 is 11.7 Å². The van der Waals surface area contributed by atoms with E-state index in [4.69, 9.17) is 4.98 Å². The first-order valence-electron chi connectivity index (χ1n) is 8.14. The molecule has 0 saturated carbocycles. The molecule has 0 radical (unpaired) electrons. The van der Waals surface area contributed by atoms with Crippen molar-refractivity contribution in [1.82, 2.24) is 15.0 Å². The second-order valence-corrected chi connectivity index (χ2v) is 6.10. The minimum Gasteiger partial charge on any atom is -0.341 e. The molecule has 0 unspecified atom stereocenters. The normalized spacial score (nSPS) is 14.8. The largest absolute Gasteiger partial charge is 0.341 e. The van der Waals surface area contributed by atoms with Crippen LogP contribution in [0.2, 0.25) is 0 Å². The Hall–Kier alpha value is -2.30. The van der Waals surface area contributed by atoms with Crippen LogP contribution in [-0.2, 0) is 0 Å². The summed E-state index contributed by atoms with van der Waals surface area (Å²) in [6.45, 7) is 7.41. The molecule has 3 rings (SSSR count). The summed E-state index contributed by atoms with van der Waals surface area (Å²) in [7, 11) is 0. The van der Waals surface area contributed by atoms with Gasteiger partial charge in [-0.25, -0.2) is 9.97 Å². The van der Waals surface area contributed by atoms with Crippen LogP contribution in [0.4, 0.5) is 5.95 Å². The topological polar surface area (TPSA) is 59.0 Å². The zero-order chi connectivity index (χ0) is 16.4. The van der Waals surface area contributed by atoms with E-state index in [9.17, 15) is 4.79 Å². The van der Waals surface area contributed by atoms with E-state index in [2.05, 4.69) is 14.9 Å². The van der Waals surface area contributed by atoms with E-state index in [1.165, 1.54) is 19.3 Å². The quantitative estimate of drug-likeness (QED) is 0.814. The highest BCUT2D eigenvalue weighted by atomic mass is 16.1. The fourth-order valence-corrected chi connectivity index (χ4v) is 3.09. The maximum absolute atomic E-state index is 11.8. The van der Waals surface area contributed by atoms with Crippen LogP contribution in [0, 0.1) is 13.8 Å². The van der Waals surface area contributed by atoms with Crippen molar-refractivity contribution in [2.45, 2.75) is 40.0 Å². The van der Waals surface area contributed by atoms with Crippen molar-refractivity contribution in [2.24, 2.45) is 0 Å². The molecule has 3 heterocycles. The number of ketones is 1. The summed E-state index contributed by atoms with van der Waals surface area (Å²) < 4.78 is 0. The summed E-state index contributed by atoms with van der Waals surface area (Å²) in [6, 6.07) is 3.79. The number of Topliss-reactive ketones (excluding diaryl/α,β-unsaturated/α-hetero) is 1. The van der Waals surface area contributed by atoms with Crippen LogP contribution >= 0.6 is 0 Å². The number of aryl methyl sites for hydroxylation is 2. The molecule has 5 heteroatoms. The Morgan fingerprint density at radius 2 is 1.83 bits per heavy atom. The van der Waals surface area contributed by atoms with Crippen LogP contribution in [0.1, 0.15) is 47.9 Å². The van der Waals surface area contributed by atoms with Crippen molar-refractivity contribution in [3.8, 4) is 11.3 Å². The highest BCUT2D eigenvalue weighted by Crippen LogP contribution is 2.25. The van der Waals surface area contributed by atoms with Gasteiger partial charge in [0.2, 0.25) is 5.95 Å². The highest BCUT2D eigenvalue weighted by molar-refractivity contribution is 5.96. The molecule has 0 N–H and O–H groups in total. The van der Waals surface area contributed by atoms with Gasteiger partial charge < -0.3 is 4.90 Å². The number of hydrogen-bond donors (Lipinski definition) is 0. The zero-order valence-corrected chi connectivity index (χ0v) is 14.0. The number of rotatable bonds is 3. The van der Waals surface area contributed by atoms with E-state index in [0.29, 0.717) is 5.56 Å². The number of hydrogen-bond acceptors (Lipinski definition) is 5. The van der Waals surface area contributed by atoms with Crippen molar-refractivity contribution in [1.29, 1.82) is 0 Å². The third-order valence-corrected chi connectivity index (χ3v) is 4.34. The Morgan fingerprint density at radius 3 is 2.52 bits per heavy atom. The third-order valence-electron chi connectivity index (χ3n) is 4.34. The Labute approximate surface area is 136 Å². The predicted octanol–water partition coefficient (Wildman–Crippen LogP) is 3.35. The molecular formula is C18H22N4O. The van der Waals surface area contributed by atoms with Crippen molar-refractivity contribution in [3.63, 3.8) is 0 Å². The van der Waals surface area contributed by atoms with E-state index >= 15 is 0 Å². The lowest BCUT2D eigenvalue weighted by atomic mass is 10.0. The van der Waals surface area contributed by atoms with Gasteiger partial charge in [0.05, 0.1) is 5.69 Å². The molecule has 0 amide bonds. The summed E-state index contributed by atoms with van der Waals surface area (Å²) in [5.41, 5.74) is 4.04. The summed E-state index contributed by atoms with van der Waals surface area (Å²) in [4.78, 5) is 27.7. The van der Waals surface area contributed by atoms with E-state index in [1.807, 2.05) is 26.0 Å². The maximum Gasteiger partial charge on any atom is 0.225 e. The minimum atomic E-state index is 0.0292. The van der Waals surface area contributed by atoms with E-state index < -0.39 is 0 Å². The monoisotopic (exact) mass is 310 g/mol. The average molecular weight is 310 g/mol. The van der Waals surface area contributed by atoms with Crippen molar-refractivity contribution in [2.75, 3.05) is 18.0 Å². The summed E-state index contributed by atoms with van der Waals surface area (Å²) >= 11 is 0. The van der Waals surface area contributed by atoms with Crippen LogP contribution < -0.4 is 4.90 Å². The molecule has 120 valence electrons. The molecule has 23 heavy (non-hydrogen) atoms. The van der Waals surface area contributed by atoms with Crippen molar-refractivity contribution in [3.05, 3.63) is 35.3 Å². The summed E-state index contributed by atoms with van der Waals surface area (Å²) in [5, 5.41) is 0. The van der Waals surface area contributed by atoms with Gasteiger partial charge in [0, 0.05) is 41.8 Å². The summed E-state index contributed by atoms with van der Waals surface area (Å²) in [5.74, 6) is 0.799. The molecule has 1 aliphatic rings. The second kappa shape index (κ2) is 6.44. The van der Waals surface area contributed by atoms with Crippen LogP contribution in [0.25, 0.3) is 11.3 Å². The molecule has 0 aliphatic carbocycles. The maximum atomic E-state index is 11.8. The lowest BCUT2D eigenvalue weighted by molar-refractivity contribution is 0.101. The van der Waals surface area contributed by atoms with E-state index in [-0.39, 0.29) is 5.78 Å². The first kappa shape index (κ1) is 15.6. The first-order valence-corrected chi connectivity index (χ1v) is 8.14. The van der Waals surface area contributed by atoms with Crippen LogP contribution in [-0.4, -0.2) is 33.8 Å². The van der Waals surface area contributed by atoms with Crippen molar-refractivity contribution < 1.29 is 4.79 Å². The van der Waals surface area contributed by atoms with Crippen LogP contribution in [0.5, 0.6) is 0 Å². The number of nitrogens with zero attached hydrogens (tertiary/aromatic N) is 4. The standard InChI is InChI=1S/C18H22N4O/c1-12-15(14(3)23)11-16(13(2)20-12)17-7-8-19-18(21-17)22-9-5-4-6-10-22/h7-8,11H,4-6,9-10H2,1-3H3. The SMILES string of the molecule is CC(=O)c1cc(-c2ccnc(N3CCCCC3)n2)c(C)nc1C. The molecule has 2 aromatic heterocycles. The second-order valence-electron chi connectivity index (χ2n) is 6.10. The fourth-order valence-electron chi connectivity index (χ4n) is 3.09. The molecular weight excluding hydrogens is 288 g/mol. The van der Waals surface area contributed by atoms with Gasteiger partial charge in [0.25, 0.3) is 0 Å². The Kier molecular flexibility index (Phi) is 4.37. The minimum absolute atomic E-state index is 0.0292. The average Bonchev–Trinajstić information content (AvgIpc) is 2.55. The molecule has 1 saturated heterocycles. The first-order chi connectivity index (χ1) is 11.1. The highest BCUT2D eigenvalue weighted by Gasteiger charge is 2.16. The fraction of sp³-hybridized carbons (Fsp3) is 0.444. The number of pyridine rings is 1. The Bertz CT molecular complexity index is 736. The Balaban J connectivity index is 2.01. The third kappa shape index (κ3) is 3.23. The Morgan fingerprint density at radius 1 is 1.09 bits per heavy atom. The zero-order valence-electron chi connectivity index (χ0n) is 14.0. The smallest absolute Gasteiger partial charge is 0.225 e. The van der Waals surface area contributed by atoms with Crippen LogP contribution in [0.15, 0.2) is 18.3 Å².